The molecule has 7 heteroatoms. The van der Waals surface area contributed by atoms with Crippen LogP contribution in [0.1, 0.15) is 11.3 Å². The minimum absolute atomic E-state index is 0.296. The highest BCUT2D eigenvalue weighted by Gasteiger charge is 2.40. The summed E-state index contributed by atoms with van der Waals surface area (Å²) >= 11 is 13.6. The Hall–Kier alpha value is -0.620. The summed E-state index contributed by atoms with van der Waals surface area (Å²) in [5.74, 6) is 1.43. The SMILES string of the molecule is ClCc1cc2nc(Cl)nc(N3CC4CC3CO4)c2s1. The van der Waals surface area contributed by atoms with Crippen LogP contribution in [0.15, 0.2) is 6.07 Å². The zero-order valence-corrected chi connectivity index (χ0v) is 12.3. The molecule has 2 bridgehead atoms. The first-order valence-electron chi connectivity index (χ1n) is 6.15. The van der Waals surface area contributed by atoms with Crippen LogP contribution in [0.2, 0.25) is 5.28 Å². The molecule has 2 atom stereocenters. The molecule has 100 valence electrons. The average molecular weight is 316 g/mol. The summed E-state index contributed by atoms with van der Waals surface area (Å²) in [5.41, 5.74) is 0.888. The number of thiophene rings is 1. The van der Waals surface area contributed by atoms with Gasteiger partial charge in [0.25, 0.3) is 0 Å². The highest BCUT2D eigenvalue weighted by molar-refractivity contribution is 7.19. The summed E-state index contributed by atoms with van der Waals surface area (Å²) in [6.45, 7) is 1.67. The lowest BCUT2D eigenvalue weighted by molar-refractivity contribution is 0.0990. The van der Waals surface area contributed by atoms with Gasteiger partial charge >= 0.3 is 0 Å². The van der Waals surface area contributed by atoms with Crippen LogP contribution in [-0.4, -0.2) is 35.3 Å². The highest BCUT2D eigenvalue weighted by Crippen LogP contribution is 2.38. The number of fused-ring (bicyclic) bond motifs is 3. The third-order valence-corrected chi connectivity index (χ3v) is 5.42. The molecule has 0 saturated carbocycles. The molecule has 0 radical (unpaired) electrons. The molecular formula is C12H11Cl2N3OS. The molecule has 2 aromatic heterocycles. The number of alkyl halides is 1. The van der Waals surface area contributed by atoms with E-state index in [4.69, 9.17) is 27.9 Å². The van der Waals surface area contributed by atoms with Gasteiger partial charge in [-0.15, -0.1) is 22.9 Å². The van der Waals surface area contributed by atoms with Crippen LogP contribution in [0.25, 0.3) is 10.2 Å². The number of nitrogens with zero attached hydrogens (tertiary/aromatic N) is 3. The number of morpholine rings is 1. The molecule has 0 aromatic carbocycles. The Morgan fingerprint density at radius 1 is 1.47 bits per heavy atom. The maximum absolute atomic E-state index is 6.05. The fraction of sp³-hybridized carbons (Fsp3) is 0.500. The van der Waals surface area contributed by atoms with Gasteiger partial charge in [0.05, 0.1) is 34.8 Å². The summed E-state index contributed by atoms with van der Waals surface area (Å²) in [6, 6.07) is 2.41. The van der Waals surface area contributed by atoms with Crippen molar-refractivity contribution in [2.45, 2.75) is 24.4 Å². The number of ether oxygens (including phenoxy) is 1. The molecule has 4 nitrogen and oxygen atoms in total. The summed E-state index contributed by atoms with van der Waals surface area (Å²) in [5, 5.41) is 0.296. The summed E-state index contributed by atoms with van der Waals surface area (Å²) in [7, 11) is 0. The van der Waals surface area contributed by atoms with Gasteiger partial charge in [0.15, 0.2) is 5.82 Å². The lowest BCUT2D eigenvalue weighted by Gasteiger charge is -2.28. The number of anilines is 1. The van der Waals surface area contributed by atoms with Crippen LogP contribution in [0, 0.1) is 0 Å². The van der Waals surface area contributed by atoms with Gasteiger partial charge in [-0.3, -0.25) is 0 Å². The molecule has 0 spiro atoms. The van der Waals surface area contributed by atoms with Crippen LogP contribution in [-0.2, 0) is 10.6 Å². The maximum Gasteiger partial charge on any atom is 0.224 e. The first-order chi connectivity index (χ1) is 9.24. The van der Waals surface area contributed by atoms with E-state index in [0.717, 1.165) is 40.5 Å². The Labute approximate surface area is 124 Å². The van der Waals surface area contributed by atoms with Gasteiger partial charge in [0.1, 0.15) is 0 Å². The molecular weight excluding hydrogens is 305 g/mol. The molecule has 2 saturated heterocycles. The minimum atomic E-state index is 0.296. The van der Waals surface area contributed by atoms with Crippen molar-refractivity contribution in [2.75, 3.05) is 18.1 Å². The van der Waals surface area contributed by atoms with E-state index in [2.05, 4.69) is 14.9 Å². The predicted octanol–water partition coefficient (Wildman–Crippen LogP) is 3.06. The van der Waals surface area contributed by atoms with Crippen molar-refractivity contribution >= 4 is 50.6 Å². The summed E-state index contributed by atoms with van der Waals surface area (Å²) in [6.07, 6.45) is 1.41. The van der Waals surface area contributed by atoms with Crippen LogP contribution in [0.5, 0.6) is 0 Å². The van der Waals surface area contributed by atoms with Gasteiger partial charge < -0.3 is 9.64 Å². The van der Waals surface area contributed by atoms with Crippen molar-refractivity contribution in [2.24, 2.45) is 0 Å². The number of rotatable bonds is 2. The quantitative estimate of drug-likeness (QED) is 0.630. The average Bonchev–Trinajstić information content (AvgIpc) is 3.11. The second-order valence-corrected chi connectivity index (χ2v) is 6.62. The smallest absolute Gasteiger partial charge is 0.224 e. The Kier molecular flexibility index (Phi) is 2.84. The molecule has 0 amide bonds. The normalized spacial score (nSPS) is 25.7. The van der Waals surface area contributed by atoms with E-state index < -0.39 is 0 Å². The predicted molar refractivity (Wildman–Crippen MR) is 77.5 cm³/mol. The Bertz CT molecular complexity index is 647. The fourth-order valence-electron chi connectivity index (χ4n) is 2.86. The van der Waals surface area contributed by atoms with E-state index in [9.17, 15) is 0 Å². The van der Waals surface area contributed by atoms with E-state index in [0.29, 0.717) is 23.3 Å². The molecule has 2 aliphatic heterocycles. The van der Waals surface area contributed by atoms with Crippen molar-refractivity contribution in [3.63, 3.8) is 0 Å². The van der Waals surface area contributed by atoms with Gasteiger partial charge in [-0.1, -0.05) is 0 Å². The summed E-state index contributed by atoms with van der Waals surface area (Å²) < 4.78 is 6.71. The largest absolute Gasteiger partial charge is 0.374 e. The maximum atomic E-state index is 6.05. The number of aromatic nitrogens is 2. The van der Waals surface area contributed by atoms with Gasteiger partial charge in [-0.2, -0.15) is 4.98 Å². The third kappa shape index (κ3) is 1.91. The van der Waals surface area contributed by atoms with Crippen LogP contribution in [0.4, 0.5) is 5.82 Å². The number of hydrogen-bond acceptors (Lipinski definition) is 5. The Morgan fingerprint density at radius 2 is 2.37 bits per heavy atom. The molecule has 2 aromatic rings. The van der Waals surface area contributed by atoms with E-state index in [1.165, 1.54) is 0 Å². The second kappa shape index (κ2) is 4.45. The Balaban J connectivity index is 1.86. The Morgan fingerprint density at radius 3 is 3.05 bits per heavy atom. The van der Waals surface area contributed by atoms with Gasteiger partial charge in [0.2, 0.25) is 5.28 Å². The first-order valence-corrected chi connectivity index (χ1v) is 7.87. The molecule has 0 aliphatic carbocycles. The zero-order chi connectivity index (χ0) is 13.0. The van der Waals surface area contributed by atoms with Crippen LogP contribution < -0.4 is 4.90 Å². The van der Waals surface area contributed by atoms with Gasteiger partial charge in [0, 0.05) is 11.4 Å². The molecule has 2 fully saturated rings. The second-order valence-electron chi connectivity index (χ2n) is 4.87. The molecule has 4 heterocycles. The number of halogens is 2. The van der Waals surface area contributed by atoms with Crippen LogP contribution in [0.3, 0.4) is 0 Å². The van der Waals surface area contributed by atoms with E-state index in [-0.39, 0.29) is 0 Å². The molecule has 0 N–H and O–H groups in total. The lowest BCUT2D eigenvalue weighted by Crippen LogP contribution is -2.37. The number of hydrogen-bond donors (Lipinski definition) is 0. The van der Waals surface area contributed by atoms with Crippen molar-refractivity contribution in [1.29, 1.82) is 0 Å². The molecule has 2 aliphatic rings. The van der Waals surface area contributed by atoms with Crippen molar-refractivity contribution in [1.82, 2.24) is 9.97 Å². The molecule has 2 unspecified atom stereocenters. The van der Waals surface area contributed by atoms with E-state index in [1.807, 2.05) is 6.07 Å². The molecule has 4 rings (SSSR count). The van der Waals surface area contributed by atoms with Crippen LogP contribution >= 0.6 is 34.5 Å². The monoisotopic (exact) mass is 315 g/mol. The molecule has 19 heavy (non-hydrogen) atoms. The fourth-order valence-corrected chi connectivity index (χ4v) is 4.22. The first kappa shape index (κ1) is 12.1. The zero-order valence-electron chi connectivity index (χ0n) is 9.97. The third-order valence-electron chi connectivity index (χ3n) is 3.68. The van der Waals surface area contributed by atoms with Crippen molar-refractivity contribution in [3.05, 3.63) is 16.2 Å². The highest BCUT2D eigenvalue weighted by atomic mass is 35.5. The summed E-state index contributed by atoms with van der Waals surface area (Å²) in [4.78, 5) is 12.1. The topological polar surface area (TPSA) is 38.2 Å². The van der Waals surface area contributed by atoms with Gasteiger partial charge in [-0.05, 0) is 24.1 Å². The lowest BCUT2D eigenvalue weighted by atomic mass is 10.2. The van der Waals surface area contributed by atoms with Gasteiger partial charge in [-0.25, -0.2) is 4.98 Å². The van der Waals surface area contributed by atoms with Crippen molar-refractivity contribution < 1.29 is 4.74 Å². The van der Waals surface area contributed by atoms with Crippen molar-refractivity contribution in [3.8, 4) is 0 Å². The standard InChI is InChI=1S/C12H11Cl2N3OS/c13-3-8-2-9-10(19-8)11(16-12(14)15-9)17-4-7-1-6(17)5-18-7/h2,6-7H,1,3-5H2. The van der Waals surface area contributed by atoms with E-state index in [1.54, 1.807) is 11.3 Å². The van der Waals surface area contributed by atoms with E-state index >= 15 is 0 Å². The minimum Gasteiger partial charge on any atom is -0.374 e.